The van der Waals surface area contributed by atoms with Crippen LogP contribution in [0.1, 0.15) is 22.8 Å². The van der Waals surface area contributed by atoms with Crippen LogP contribution in [0.5, 0.6) is 5.88 Å². The fraction of sp³-hybridized carbons (Fsp3) is 0.0800. The van der Waals surface area contributed by atoms with Crippen LogP contribution in [-0.4, -0.2) is 20.4 Å². The molecule has 0 aliphatic carbocycles. The van der Waals surface area contributed by atoms with E-state index in [-0.39, 0.29) is 10.8 Å². The highest BCUT2D eigenvalue weighted by atomic mass is 35.5. The molecule has 2 N–H and O–H groups in total. The molecule has 3 aromatic carbocycles. The Kier molecular flexibility index (Phi) is 5.66. The molecule has 8 heteroatoms. The molecular formula is C25H18ClN3O3S. The Bertz CT molecular complexity index is 1500. The Labute approximate surface area is 198 Å². The highest BCUT2D eigenvalue weighted by Gasteiger charge is 2.27. The Morgan fingerprint density at radius 1 is 1.00 bits per heavy atom. The van der Waals surface area contributed by atoms with Crippen molar-refractivity contribution in [3.05, 3.63) is 116 Å². The van der Waals surface area contributed by atoms with Gasteiger partial charge in [0.25, 0.3) is 5.56 Å². The first-order chi connectivity index (χ1) is 16.0. The molecular weight excluding hydrogens is 458 g/mol. The minimum absolute atomic E-state index is 0.0344. The van der Waals surface area contributed by atoms with E-state index < -0.39 is 17.1 Å². The number of nitrogens with zero attached hydrogens (tertiary/aromatic N) is 2. The van der Waals surface area contributed by atoms with Crippen LogP contribution in [0.15, 0.2) is 98.3 Å². The number of thioether (sulfide) groups is 1. The number of rotatable bonds is 3. The number of nitrogens with one attached hydrogen (secondary N) is 1. The van der Waals surface area contributed by atoms with Crippen LogP contribution in [0.25, 0.3) is 5.69 Å². The molecule has 0 spiro atoms. The first kappa shape index (κ1) is 21.3. The van der Waals surface area contributed by atoms with Crippen LogP contribution in [-0.2, 0) is 0 Å². The summed E-state index contributed by atoms with van der Waals surface area (Å²) in [5.74, 6) is -0.471. The van der Waals surface area contributed by atoms with Crippen LogP contribution >= 0.6 is 23.4 Å². The monoisotopic (exact) mass is 475 g/mol. The molecule has 33 heavy (non-hydrogen) atoms. The summed E-state index contributed by atoms with van der Waals surface area (Å²) in [5.41, 5.74) is 1.04. The molecule has 6 nitrogen and oxygen atoms in total. The summed E-state index contributed by atoms with van der Waals surface area (Å²) in [6.45, 7) is 0. The summed E-state index contributed by atoms with van der Waals surface area (Å²) in [5, 5.41) is 11.5. The van der Waals surface area contributed by atoms with E-state index in [0.29, 0.717) is 28.5 Å². The number of hydrogen-bond donors (Lipinski definition) is 2. The minimum atomic E-state index is -0.757. The average Bonchev–Trinajstić information content (AvgIpc) is 2.99. The van der Waals surface area contributed by atoms with Crippen molar-refractivity contribution >= 4 is 34.8 Å². The molecule has 1 aliphatic heterocycles. The summed E-state index contributed by atoms with van der Waals surface area (Å²) in [7, 11) is 0. The van der Waals surface area contributed by atoms with Gasteiger partial charge in [0.05, 0.1) is 17.1 Å². The normalized spacial score (nSPS) is 15.4. The van der Waals surface area contributed by atoms with Gasteiger partial charge in [0.1, 0.15) is 5.56 Å². The summed E-state index contributed by atoms with van der Waals surface area (Å²) < 4.78 is 1.03. The van der Waals surface area contributed by atoms with Gasteiger partial charge in [-0.3, -0.25) is 14.8 Å². The van der Waals surface area contributed by atoms with Gasteiger partial charge in [-0.1, -0.05) is 60.1 Å². The SMILES string of the molecule is O=c1[nH]c(=O)n(-c2cccc(Cl)c2)c(O)c1C1=Nc2ccccc2S[C@@H](c2ccccc2)C1. The number of aliphatic imine (C=N–C) groups is 1. The molecule has 1 atom stereocenters. The average molecular weight is 476 g/mol. The first-order valence-corrected chi connectivity index (χ1v) is 11.5. The van der Waals surface area contributed by atoms with Crippen molar-refractivity contribution in [1.82, 2.24) is 9.55 Å². The largest absolute Gasteiger partial charge is 0.493 e. The number of benzene rings is 3. The quantitative estimate of drug-likeness (QED) is 0.424. The van der Waals surface area contributed by atoms with Gasteiger partial charge in [0.15, 0.2) is 0 Å². The predicted octanol–water partition coefficient (Wildman–Crippen LogP) is 5.24. The van der Waals surface area contributed by atoms with E-state index in [2.05, 4.69) is 4.98 Å². The third-order valence-electron chi connectivity index (χ3n) is 5.38. The number of para-hydroxylation sites is 1. The molecule has 2 heterocycles. The zero-order chi connectivity index (χ0) is 22.9. The van der Waals surface area contributed by atoms with E-state index in [0.717, 1.165) is 15.0 Å². The molecule has 4 aromatic rings. The first-order valence-electron chi connectivity index (χ1n) is 10.2. The lowest BCUT2D eigenvalue weighted by atomic mass is 10.0. The van der Waals surface area contributed by atoms with Crippen LogP contribution in [0.4, 0.5) is 5.69 Å². The summed E-state index contributed by atoms with van der Waals surface area (Å²) >= 11 is 7.74. The molecule has 164 valence electrons. The van der Waals surface area contributed by atoms with Crippen LogP contribution in [0.2, 0.25) is 5.02 Å². The Hall–Kier alpha value is -3.55. The second-order valence-corrected chi connectivity index (χ2v) is 9.20. The maximum Gasteiger partial charge on any atom is 0.335 e. The van der Waals surface area contributed by atoms with Crippen molar-refractivity contribution in [3.63, 3.8) is 0 Å². The third kappa shape index (κ3) is 4.13. The van der Waals surface area contributed by atoms with Crippen molar-refractivity contribution in [1.29, 1.82) is 0 Å². The number of hydrogen-bond acceptors (Lipinski definition) is 5. The van der Waals surface area contributed by atoms with Gasteiger partial charge in [-0.05, 0) is 35.9 Å². The van der Waals surface area contributed by atoms with Crippen molar-refractivity contribution in [2.45, 2.75) is 16.6 Å². The van der Waals surface area contributed by atoms with E-state index >= 15 is 0 Å². The Balaban J connectivity index is 1.72. The summed E-state index contributed by atoms with van der Waals surface area (Å²) in [4.78, 5) is 33.6. The van der Waals surface area contributed by atoms with E-state index in [1.165, 1.54) is 6.07 Å². The topological polar surface area (TPSA) is 87.5 Å². The van der Waals surface area contributed by atoms with Gasteiger partial charge in [0, 0.05) is 21.6 Å². The van der Waals surface area contributed by atoms with Gasteiger partial charge >= 0.3 is 5.69 Å². The van der Waals surface area contributed by atoms with Gasteiger partial charge in [-0.2, -0.15) is 0 Å². The number of aromatic amines is 1. The molecule has 1 aliphatic rings. The molecule has 5 rings (SSSR count). The fourth-order valence-corrected chi connectivity index (χ4v) is 5.28. The molecule has 0 bridgehead atoms. The Morgan fingerprint density at radius 2 is 1.76 bits per heavy atom. The lowest BCUT2D eigenvalue weighted by molar-refractivity contribution is 0.429. The summed E-state index contributed by atoms with van der Waals surface area (Å²) in [6.07, 6.45) is 0.383. The molecule has 0 fully saturated rings. The highest BCUT2D eigenvalue weighted by Crippen LogP contribution is 2.45. The van der Waals surface area contributed by atoms with Gasteiger partial charge in [-0.15, -0.1) is 11.8 Å². The van der Waals surface area contributed by atoms with Crippen LogP contribution in [0, 0.1) is 0 Å². The molecule has 0 saturated carbocycles. The van der Waals surface area contributed by atoms with Gasteiger partial charge < -0.3 is 5.11 Å². The van der Waals surface area contributed by atoms with Crippen molar-refractivity contribution < 1.29 is 5.11 Å². The van der Waals surface area contributed by atoms with Crippen LogP contribution < -0.4 is 11.2 Å². The van der Waals surface area contributed by atoms with E-state index in [4.69, 9.17) is 16.6 Å². The molecule has 0 saturated heterocycles. The molecule has 0 amide bonds. The standard InChI is InChI=1S/C25H18ClN3O3S/c26-16-9-6-10-17(13-16)29-24(31)22(23(30)28-25(29)32)19-14-21(15-7-2-1-3-8-15)33-20-12-5-4-11-18(20)27-19/h1-13,21,31H,14H2,(H,28,30,32)/t21-/m1/s1. The van der Waals surface area contributed by atoms with E-state index in [1.54, 1.807) is 30.0 Å². The number of aromatic nitrogens is 2. The smallest absolute Gasteiger partial charge is 0.335 e. The Morgan fingerprint density at radius 3 is 2.55 bits per heavy atom. The number of halogens is 1. The maximum atomic E-state index is 12.9. The molecule has 0 unspecified atom stereocenters. The van der Waals surface area contributed by atoms with Crippen molar-refractivity contribution in [2.24, 2.45) is 4.99 Å². The fourth-order valence-electron chi connectivity index (χ4n) is 3.86. The van der Waals surface area contributed by atoms with Gasteiger partial charge in [0.2, 0.25) is 5.88 Å². The second kappa shape index (κ2) is 8.77. The number of H-pyrrole nitrogens is 1. The highest BCUT2D eigenvalue weighted by molar-refractivity contribution is 7.99. The molecule has 0 radical (unpaired) electrons. The minimum Gasteiger partial charge on any atom is -0.493 e. The lowest BCUT2D eigenvalue weighted by Crippen LogP contribution is -2.33. The third-order valence-corrected chi connectivity index (χ3v) is 6.94. The summed E-state index contributed by atoms with van der Waals surface area (Å²) in [6, 6.07) is 24.1. The maximum absolute atomic E-state index is 12.9. The predicted molar refractivity (Wildman–Crippen MR) is 132 cm³/mol. The zero-order valence-electron chi connectivity index (χ0n) is 17.2. The van der Waals surface area contributed by atoms with E-state index in [1.807, 2.05) is 54.6 Å². The number of fused-ring (bicyclic) bond motifs is 1. The lowest BCUT2D eigenvalue weighted by Gasteiger charge is -2.17. The van der Waals surface area contributed by atoms with E-state index in [9.17, 15) is 14.7 Å². The second-order valence-electron chi connectivity index (χ2n) is 7.52. The van der Waals surface area contributed by atoms with Crippen LogP contribution in [0.3, 0.4) is 0 Å². The zero-order valence-corrected chi connectivity index (χ0v) is 18.8. The van der Waals surface area contributed by atoms with Crippen molar-refractivity contribution in [2.75, 3.05) is 0 Å². The van der Waals surface area contributed by atoms with Gasteiger partial charge in [-0.25, -0.2) is 9.36 Å². The molecule has 1 aromatic heterocycles. The van der Waals surface area contributed by atoms with Crippen molar-refractivity contribution in [3.8, 4) is 11.6 Å². The number of aromatic hydroxyl groups is 1.